The molecule has 5 rings (SSSR count). The lowest BCUT2D eigenvalue weighted by atomic mass is 9.77. The number of ether oxygens (including phenoxy) is 1. The van der Waals surface area contributed by atoms with Crippen molar-refractivity contribution >= 4 is 28.7 Å². The third-order valence-electron chi connectivity index (χ3n) is 5.99. The Hall–Kier alpha value is -3.25. The van der Waals surface area contributed by atoms with E-state index < -0.39 is 0 Å². The highest BCUT2D eigenvalue weighted by Gasteiger charge is 2.42. The minimum atomic E-state index is -0.248. The average Bonchev–Trinajstić information content (AvgIpc) is 3.20. The van der Waals surface area contributed by atoms with Gasteiger partial charge in [-0.05, 0) is 72.6 Å². The first-order valence-electron chi connectivity index (χ1n) is 10.3. The largest absolute Gasteiger partial charge is 0.497 e. The predicted molar refractivity (Wildman–Crippen MR) is 125 cm³/mol. The molecule has 1 aliphatic carbocycles. The van der Waals surface area contributed by atoms with E-state index in [1.54, 1.807) is 7.11 Å². The molecule has 0 radical (unpaired) electrons. The first-order chi connectivity index (χ1) is 15.1. The third kappa shape index (κ3) is 3.68. The number of hydrazone groups is 1. The van der Waals surface area contributed by atoms with Crippen molar-refractivity contribution in [2.45, 2.75) is 18.9 Å². The predicted octanol–water partition coefficient (Wildman–Crippen LogP) is 5.55. The average molecular weight is 432 g/mol. The quantitative estimate of drug-likeness (QED) is 0.552. The molecular weight excluding hydrogens is 409 g/mol. The molecule has 0 spiro atoms. The molecule has 1 N–H and O–H groups in total. The Labute approximate surface area is 186 Å². The molecule has 0 unspecified atom stereocenters. The summed E-state index contributed by atoms with van der Waals surface area (Å²) >= 11 is 5.78. The molecule has 0 bridgehead atoms. The number of hydrogen-bond acceptors (Lipinski definition) is 3. The number of aryl methyl sites for hydroxylation is 1. The van der Waals surface area contributed by atoms with E-state index in [1.807, 2.05) is 47.5 Å². The van der Waals surface area contributed by atoms with Gasteiger partial charge in [-0.25, -0.2) is 9.40 Å². The van der Waals surface area contributed by atoms with Crippen molar-refractivity contribution in [2.24, 2.45) is 11.0 Å². The molecule has 3 aromatic carbocycles. The van der Waals surface area contributed by atoms with E-state index in [9.17, 15) is 4.39 Å². The maximum Gasteiger partial charge on any atom is 0.194 e. The zero-order valence-corrected chi connectivity index (χ0v) is 17.9. The number of benzene rings is 3. The summed E-state index contributed by atoms with van der Waals surface area (Å²) in [6.07, 6.45) is 1.96. The smallest absolute Gasteiger partial charge is 0.194 e. The molecule has 0 amide bonds. The molecule has 2 atom stereocenters. The maximum absolute atomic E-state index is 13.6. The van der Waals surface area contributed by atoms with Crippen LogP contribution in [0.4, 0.5) is 10.1 Å². The molecule has 3 aromatic rings. The highest BCUT2D eigenvalue weighted by molar-refractivity contribution is 7.80. The van der Waals surface area contributed by atoms with Crippen LogP contribution in [0.15, 0.2) is 77.9 Å². The minimum absolute atomic E-state index is 0.0813. The van der Waals surface area contributed by atoms with Crippen LogP contribution in [-0.2, 0) is 6.42 Å². The van der Waals surface area contributed by atoms with Crippen LogP contribution in [-0.4, -0.2) is 22.9 Å². The second kappa shape index (κ2) is 8.12. The molecule has 31 heavy (non-hydrogen) atoms. The number of hydrogen-bond donors (Lipinski definition) is 1. The number of fused-ring (bicyclic) bond motifs is 3. The van der Waals surface area contributed by atoms with Crippen molar-refractivity contribution in [1.29, 1.82) is 0 Å². The number of nitrogens with zero attached hydrogens (tertiary/aromatic N) is 2. The Balaban J connectivity index is 1.51. The van der Waals surface area contributed by atoms with Gasteiger partial charge in [0, 0.05) is 17.2 Å². The standard InChI is InChI=1S/C25H22FN3OS/c1-30-20-13-11-19(12-14-20)27-25(31)29-24(17-6-9-18(26)10-7-17)22-15-8-16-4-2-3-5-21(16)23(22)28-29/h2-7,9-14,22,24H,8,15H2,1H3,(H,27,31)/t22-,24-/m1/s1. The SMILES string of the molecule is COc1ccc(NC(=S)N2N=C3c4ccccc4CC[C@H]3[C@H]2c2ccc(F)cc2)cc1. The summed E-state index contributed by atoms with van der Waals surface area (Å²) in [4.78, 5) is 0. The number of nitrogens with one attached hydrogen (secondary N) is 1. The summed E-state index contributed by atoms with van der Waals surface area (Å²) < 4.78 is 18.9. The molecule has 0 saturated carbocycles. The molecule has 6 heteroatoms. The third-order valence-corrected chi connectivity index (χ3v) is 6.28. The summed E-state index contributed by atoms with van der Waals surface area (Å²) in [5.41, 5.74) is 5.41. The number of methoxy groups -OCH3 is 1. The van der Waals surface area contributed by atoms with Crippen LogP contribution in [0.2, 0.25) is 0 Å². The lowest BCUT2D eigenvalue weighted by Gasteiger charge is -2.30. The van der Waals surface area contributed by atoms with Crippen molar-refractivity contribution in [3.05, 3.63) is 95.3 Å². The van der Waals surface area contributed by atoms with Crippen LogP contribution in [0, 0.1) is 11.7 Å². The fourth-order valence-corrected chi connectivity index (χ4v) is 4.75. The van der Waals surface area contributed by atoms with Crippen LogP contribution in [0.25, 0.3) is 0 Å². The van der Waals surface area contributed by atoms with E-state index in [2.05, 4.69) is 23.5 Å². The number of anilines is 1. The maximum atomic E-state index is 13.6. The van der Waals surface area contributed by atoms with Gasteiger partial charge in [0.15, 0.2) is 5.11 Å². The zero-order valence-electron chi connectivity index (χ0n) is 17.1. The zero-order chi connectivity index (χ0) is 21.4. The van der Waals surface area contributed by atoms with Gasteiger partial charge in [-0.1, -0.05) is 36.4 Å². The van der Waals surface area contributed by atoms with Crippen molar-refractivity contribution in [2.75, 3.05) is 12.4 Å². The highest BCUT2D eigenvalue weighted by atomic mass is 32.1. The number of rotatable bonds is 3. The fraction of sp³-hybridized carbons (Fsp3) is 0.200. The van der Waals surface area contributed by atoms with Gasteiger partial charge in [-0.15, -0.1) is 0 Å². The molecule has 1 heterocycles. The van der Waals surface area contributed by atoms with E-state index in [0.29, 0.717) is 5.11 Å². The summed E-state index contributed by atoms with van der Waals surface area (Å²) in [6.45, 7) is 0. The number of halogens is 1. The molecule has 156 valence electrons. The van der Waals surface area contributed by atoms with Crippen molar-refractivity contribution in [1.82, 2.24) is 5.01 Å². The van der Waals surface area contributed by atoms with E-state index in [4.69, 9.17) is 22.1 Å². The topological polar surface area (TPSA) is 36.9 Å². The Kier molecular flexibility index (Phi) is 5.16. The van der Waals surface area contributed by atoms with Gasteiger partial charge in [0.05, 0.1) is 18.9 Å². The molecule has 1 aliphatic heterocycles. The molecule has 0 saturated heterocycles. The van der Waals surface area contributed by atoms with Gasteiger partial charge in [0.1, 0.15) is 11.6 Å². The Morgan fingerprint density at radius 2 is 1.81 bits per heavy atom. The summed E-state index contributed by atoms with van der Waals surface area (Å²) in [5, 5.41) is 10.7. The molecule has 0 fully saturated rings. The first kappa shape index (κ1) is 19.7. The van der Waals surface area contributed by atoms with Crippen molar-refractivity contribution in [3.63, 3.8) is 0 Å². The van der Waals surface area contributed by atoms with E-state index in [0.717, 1.165) is 35.6 Å². The second-order valence-electron chi connectivity index (χ2n) is 7.79. The van der Waals surface area contributed by atoms with Crippen LogP contribution in [0.5, 0.6) is 5.75 Å². The highest BCUT2D eigenvalue weighted by Crippen LogP contribution is 2.43. The van der Waals surface area contributed by atoms with E-state index >= 15 is 0 Å². The molecule has 0 aromatic heterocycles. The van der Waals surface area contributed by atoms with Gasteiger partial charge in [0.2, 0.25) is 0 Å². The normalized spacial score (nSPS) is 19.3. The summed E-state index contributed by atoms with van der Waals surface area (Å²) in [5.74, 6) is 0.725. The van der Waals surface area contributed by atoms with Crippen LogP contribution >= 0.6 is 12.2 Å². The van der Waals surface area contributed by atoms with Gasteiger partial charge in [0.25, 0.3) is 0 Å². The molecular formula is C25H22FN3OS. The molecule has 4 nitrogen and oxygen atoms in total. The van der Waals surface area contributed by atoms with Gasteiger partial charge < -0.3 is 10.1 Å². The lowest BCUT2D eigenvalue weighted by Crippen LogP contribution is -2.34. The first-order valence-corrected chi connectivity index (χ1v) is 10.7. The van der Waals surface area contributed by atoms with Gasteiger partial charge >= 0.3 is 0 Å². The van der Waals surface area contributed by atoms with E-state index in [-0.39, 0.29) is 17.8 Å². The Morgan fingerprint density at radius 3 is 2.55 bits per heavy atom. The summed E-state index contributed by atoms with van der Waals surface area (Å²) in [7, 11) is 1.64. The van der Waals surface area contributed by atoms with Crippen molar-refractivity contribution < 1.29 is 9.13 Å². The second-order valence-corrected chi connectivity index (χ2v) is 8.17. The molecule has 2 aliphatic rings. The van der Waals surface area contributed by atoms with Crippen LogP contribution in [0.3, 0.4) is 0 Å². The van der Waals surface area contributed by atoms with Crippen LogP contribution in [0.1, 0.15) is 29.2 Å². The Bertz CT molecular complexity index is 1140. The van der Waals surface area contributed by atoms with Gasteiger partial charge in [-0.3, -0.25) is 0 Å². The van der Waals surface area contributed by atoms with Crippen molar-refractivity contribution in [3.8, 4) is 5.75 Å². The fourth-order valence-electron chi connectivity index (χ4n) is 4.48. The summed E-state index contributed by atoms with van der Waals surface area (Å²) in [6, 6.07) is 22.6. The van der Waals surface area contributed by atoms with Crippen LogP contribution < -0.4 is 10.1 Å². The van der Waals surface area contributed by atoms with Gasteiger partial charge in [-0.2, -0.15) is 5.10 Å². The minimum Gasteiger partial charge on any atom is -0.497 e. The Morgan fingerprint density at radius 1 is 1.06 bits per heavy atom. The lowest BCUT2D eigenvalue weighted by molar-refractivity contribution is 0.311. The monoisotopic (exact) mass is 431 g/mol. The number of thiocarbonyl (C=S) groups is 1. The van der Waals surface area contributed by atoms with E-state index in [1.165, 1.54) is 23.3 Å².